The molecule has 332 valence electrons. The van der Waals surface area contributed by atoms with Crippen molar-refractivity contribution < 1.29 is 4.42 Å². The third kappa shape index (κ3) is 6.74. The molecule has 0 unspecified atom stereocenters. The standard InChI is InChI=1S/C68H44N2O/c1-2-22-51(23-3-1)70-62-31-10-8-26-60(62)66-57(29-15-32-63(66)70)48-36-40-53(41-37-48)69(52-38-34-45(35-39-52)49-20-12-21-50(44-49)56-28-13-18-46-16-4-6-24-54(46)56)64-43-42-59(58-30-14-19-47-17-5-7-25-55(47)58)68-67(64)61-27-9-11-33-65(61)71-68/h1-44H. The van der Waals surface area contributed by atoms with E-state index in [1.54, 1.807) is 0 Å². The van der Waals surface area contributed by atoms with Gasteiger partial charge in [-0.1, -0.05) is 194 Å². The van der Waals surface area contributed by atoms with Crippen molar-refractivity contribution in [2.24, 2.45) is 0 Å². The fourth-order valence-electron chi connectivity index (χ4n) is 11.1. The van der Waals surface area contributed by atoms with Crippen LogP contribution in [0, 0.1) is 0 Å². The van der Waals surface area contributed by atoms with E-state index in [4.69, 9.17) is 4.42 Å². The van der Waals surface area contributed by atoms with E-state index in [0.717, 1.165) is 66.9 Å². The second-order valence-electron chi connectivity index (χ2n) is 18.4. The van der Waals surface area contributed by atoms with Crippen molar-refractivity contribution in [3.63, 3.8) is 0 Å². The van der Waals surface area contributed by atoms with Gasteiger partial charge in [-0.3, -0.25) is 0 Å². The molecular weight excluding hydrogens is 861 g/mol. The van der Waals surface area contributed by atoms with Crippen molar-refractivity contribution in [1.29, 1.82) is 0 Å². The van der Waals surface area contributed by atoms with E-state index in [9.17, 15) is 0 Å². The Morgan fingerprint density at radius 2 is 0.859 bits per heavy atom. The summed E-state index contributed by atoms with van der Waals surface area (Å²) in [5.41, 5.74) is 17.7. The molecule has 0 amide bonds. The first-order valence-corrected chi connectivity index (χ1v) is 24.3. The van der Waals surface area contributed by atoms with Crippen molar-refractivity contribution in [3.05, 3.63) is 267 Å². The summed E-state index contributed by atoms with van der Waals surface area (Å²) in [5, 5.41) is 9.50. The van der Waals surface area contributed by atoms with Gasteiger partial charge in [-0.25, -0.2) is 0 Å². The molecule has 0 spiro atoms. The fraction of sp³-hybridized carbons (Fsp3) is 0. The van der Waals surface area contributed by atoms with Crippen molar-refractivity contribution in [2.45, 2.75) is 0 Å². The molecule has 0 aliphatic carbocycles. The van der Waals surface area contributed by atoms with Crippen molar-refractivity contribution in [3.8, 4) is 50.2 Å². The number of anilines is 3. The van der Waals surface area contributed by atoms with E-state index in [2.05, 4.69) is 276 Å². The lowest BCUT2D eigenvalue weighted by Crippen LogP contribution is -2.10. The Morgan fingerprint density at radius 3 is 1.62 bits per heavy atom. The van der Waals surface area contributed by atoms with Crippen LogP contribution >= 0.6 is 0 Å². The van der Waals surface area contributed by atoms with Gasteiger partial charge in [0.1, 0.15) is 11.2 Å². The number of hydrogen-bond acceptors (Lipinski definition) is 2. The number of fused-ring (bicyclic) bond motifs is 8. The lowest BCUT2D eigenvalue weighted by Gasteiger charge is -2.27. The molecule has 14 aromatic rings. The maximum Gasteiger partial charge on any atom is 0.145 e. The van der Waals surface area contributed by atoms with Gasteiger partial charge in [0.15, 0.2) is 0 Å². The maximum absolute atomic E-state index is 6.96. The fourth-order valence-corrected chi connectivity index (χ4v) is 11.1. The largest absolute Gasteiger partial charge is 0.455 e. The van der Waals surface area contributed by atoms with Crippen LogP contribution in [0.5, 0.6) is 0 Å². The van der Waals surface area contributed by atoms with E-state index in [0.29, 0.717) is 0 Å². The van der Waals surface area contributed by atoms with Gasteiger partial charge in [-0.15, -0.1) is 0 Å². The summed E-state index contributed by atoms with van der Waals surface area (Å²) in [5.74, 6) is 0. The minimum absolute atomic E-state index is 0.857. The highest BCUT2D eigenvalue weighted by atomic mass is 16.3. The molecule has 0 fully saturated rings. The molecule has 3 heteroatoms. The summed E-state index contributed by atoms with van der Waals surface area (Å²) in [4.78, 5) is 2.40. The van der Waals surface area contributed by atoms with Crippen LogP contribution < -0.4 is 4.90 Å². The minimum atomic E-state index is 0.857. The highest BCUT2D eigenvalue weighted by Gasteiger charge is 2.24. The van der Waals surface area contributed by atoms with Crippen LogP contribution in [0.2, 0.25) is 0 Å². The van der Waals surface area contributed by atoms with Gasteiger partial charge in [0.05, 0.1) is 22.1 Å². The molecule has 14 rings (SSSR count). The molecule has 0 saturated heterocycles. The summed E-state index contributed by atoms with van der Waals surface area (Å²) in [7, 11) is 0. The number of nitrogens with zero attached hydrogens (tertiary/aromatic N) is 2. The van der Waals surface area contributed by atoms with E-state index in [-0.39, 0.29) is 0 Å². The minimum Gasteiger partial charge on any atom is -0.455 e. The number of benzene rings is 12. The predicted molar refractivity (Wildman–Crippen MR) is 299 cm³/mol. The molecule has 0 aliphatic rings. The zero-order valence-corrected chi connectivity index (χ0v) is 38.7. The van der Waals surface area contributed by atoms with E-state index in [1.807, 2.05) is 0 Å². The van der Waals surface area contributed by atoms with Crippen LogP contribution in [-0.4, -0.2) is 4.57 Å². The first-order valence-electron chi connectivity index (χ1n) is 24.3. The molecule has 0 bridgehead atoms. The molecule has 0 aliphatic heterocycles. The Hall–Kier alpha value is -9.44. The Labute approximate surface area is 411 Å². The molecule has 12 aromatic carbocycles. The van der Waals surface area contributed by atoms with E-state index < -0.39 is 0 Å². The van der Waals surface area contributed by atoms with E-state index in [1.165, 1.54) is 65.6 Å². The second kappa shape index (κ2) is 16.7. The number of rotatable bonds is 8. The monoisotopic (exact) mass is 904 g/mol. The molecule has 0 N–H and O–H groups in total. The topological polar surface area (TPSA) is 21.3 Å². The van der Waals surface area contributed by atoms with Crippen molar-refractivity contribution in [2.75, 3.05) is 4.90 Å². The number of aromatic nitrogens is 1. The zero-order valence-electron chi connectivity index (χ0n) is 38.7. The van der Waals surface area contributed by atoms with Crippen LogP contribution in [0.1, 0.15) is 0 Å². The number of para-hydroxylation sites is 3. The van der Waals surface area contributed by atoms with E-state index >= 15 is 0 Å². The molecular formula is C68H44N2O. The molecule has 71 heavy (non-hydrogen) atoms. The Balaban J connectivity index is 0.939. The molecule has 2 heterocycles. The van der Waals surface area contributed by atoms with Gasteiger partial charge in [0.25, 0.3) is 0 Å². The third-order valence-corrected chi connectivity index (χ3v) is 14.4. The van der Waals surface area contributed by atoms with Crippen molar-refractivity contribution >= 4 is 82.4 Å². The summed E-state index contributed by atoms with van der Waals surface area (Å²) < 4.78 is 9.34. The van der Waals surface area contributed by atoms with Gasteiger partial charge in [-0.2, -0.15) is 0 Å². The smallest absolute Gasteiger partial charge is 0.145 e. The Morgan fingerprint density at radius 1 is 0.310 bits per heavy atom. The average molecular weight is 905 g/mol. The molecule has 0 saturated carbocycles. The molecule has 0 atom stereocenters. The van der Waals surface area contributed by atoms with Gasteiger partial charge in [0, 0.05) is 38.8 Å². The zero-order chi connectivity index (χ0) is 46.8. The molecule has 3 nitrogen and oxygen atoms in total. The summed E-state index contributed by atoms with van der Waals surface area (Å²) >= 11 is 0. The SMILES string of the molecule is c1ccc(-n2c3ccccc3c3c(-c4ccc(N(c5ccc(-c6cccc(-c7cccc8ccccc78)c6)cc5)c5ccc(-c6cccc7ccccc67)c6oc7ccccc7c56)cc4)cccc32)cc1. The quantitative estimate of drug-likeness (QED) is 0.151. The average Bonchev–Trinajstić information content (AvgIpc) is 4.01. The Bertz CT molecular complexity index is 4320. The highest BCUT2D eigenvalue weighted by Crippen LogP contribution is 2.48. The summed E-state index contributed by atoms with van der Waals surface area (Å²) in [6.07, 6.45) is 0. The van der Waals surface area contributed by atoms with Gasteiger partial charge < -0.3 is 13.9 Å². The normalized spacial score (nSPS) is 11.7. The summed E-state index contributed by atoms with van der Waals surface area (Å²) in [6, 6.07) is 96.6. The van der Waals surface area contributed by atoms with Crippen LogP contribution in [0.25, 0.3) is 115 Å². The third-order valence-electron chi connectivity index (χ3n) is 14.4. The number of hydrogen-bond donors (Lipinski definition) is 0. The maximum atomic E-state index is 6.96. The lowest BCUT2D eigenvalue weighted by molar-refractivity contribution is 0.670. The molecule has 0 radical (unpaired) electrons. The first-order chi connectivity index (χ1) is 35.2. The van der Waals surface area contributed by atoms with Gasteiger partial charge in [-0.05, 0) is 133 Å². The second-order valence-corrected chi connectivity index (χ2v) is 18.4. The number of furan rings is 1. The first kappa shape index (κ1) is 40.6. The lowest BCUT2D eigenvalue weighted by atomic mass is 9.94. The summed E-state index contributed by atoms with van der Waals surface area (Å²) in [6.45, 7) is 0. The van der Waals surface area contributed by atoms with Gasteiger partial charge >= 0.3 is 0 Å². The molecule has 2 aromatic heterocycles. The predicted octanol–water partition coefficient (Wildman–Crippen LogP) is 19.1. The van der Waals surface area contributed by atoms with Gasteiger partial charge in [0.2, 0.25) is 0 Å². The van der Waals surface area contributed by atoms with Crippen LogP contribution in [0.3, 0.4) is 0 Å². The van der Waals surface area contributed by atoms with Crippen molar-refractivity contribution in [1.82, 2.24) is 4.57 Å². The van der Waals surface area contributed by atoms with Crippen LogP contribution in [0.4, 0.5) is 17.1 Å². The Kier molecular flexibility index (Phi) is 9.53. The van der Waals surface area contributed by atoms with Crippen LogP contribution in [-0.2, 0) is 0 Å². The highest BCUT2D eigenvalue weighted by molar-refractivity contribution is 6.19. The van der Waals surface area contributed by atoms with Crippen LogP contribution in [0.15, 0.2) is 271 Å².